The number of carbonyl (C=O) groups is 1. The van der Waals surface area contributed by atoms with Gasteiger partial charge < -0.3 is 9.84 Å². The van der Waals surface area contributed by atoms with Gasteiger partial charge in [-0.1, -0.05) is 35.5 Å². The zero-order valence-corrected chi connectivity index (χ0v) is 21.2. The first-order chi connectivity index (χ1) is 19.1. The fraction of sp³-hybridized carbons (Fsp3) is 0.250. The van der Waals surface area contributed by atoms with Crippen molar-refractivity contribution in [3.8, 4) is 11.1 Å². The van der Waals surface area contributed by atoms with E-state index in [2.05, 4.69) is 25.5 Å². The molecule has 0 bridgehead atoms. The molecule has 1 aliphatic carbocycles. The zero-order chi connectivity index (χ0) is 28.1. The van der Waals surface area contributed by atoms with Crippen LogP contribution in [0.2, 0.25) is 0 Å². The van der Waals surface area contributed by atoms with Crippen LogP contribution in [0.1, 0.15) is 35.7 Å². The highest BCUT2D eigenvalue weighted by Gasteiger charge is 2.66. The molecule has 2 aromatic carbocycles. The van der Waals surface area contributed by atoms with Gasteiger partial charge in [0.25, 0.3) is 0 Å². The zero-order valence-electron chi connectivity index (χ0n) is 21.2. The smallest absolute Gasteiger partial charge is 0.358 e. The van der Waals surface area contributed by atoms with Crippen LogP contribution in [0.15, 0.2) is 65.4 Å². The van der Waals surface area contributed by atoms with Gasteiger partial charge in [0.05, 0.1) is 24.1 Å². The van der Waals surface area contributed by atoms with Crippen molar-refractivity contribution in [1.29, 1.82) is 0 Å². The van der Waals surface area contributed by atoms with Crippen molar-refractivity contribution >= 4 is 22.6 Å². The Bertz CT molecular complexity index is 1720. The van der Waals surface area contributed by atoms with Crippen LogP contribution in [0.25, 0.3) is 22.0 Å². The third-order valence-electron chi connectivity index (χ3n) is 7.14. The third kappa shape index (κ3) is 4.69. The summed E-state index contributed by atoms with van der Waals surface area (Å²) in [6.07, 6.45) is -1.34. The normalized spacial score (nSPS) is 14.4. The minimum absolute atomic E-state index is 0.0914. The number of nitrogens with one attached hydrogen (secondary N) is 1. The quantitative estimate of drug-likeness (QED) is 0.268. The summed E-state index contributed by atoms with van der Waals surface area (Å²) in [4.78, 5) is 21.3. The lowest BCUT2D eigenvalue weighted by Crippen LogP contribution is -2.28. The van der Waals surface area contributed by atoms with Crippen LogP contribution < -0.4 is 5.32 Å². The van der Waals surface area contributed by atoms with Crippen LogP contribution in [-0.2, 0) is 30.1 Å². The highest BCUT2D eigenvalue weighted by molar-refractivity contribution is 5.91. The van der Waals surface area contributed by atoms with Gasteiger partial charge in [0, 0.05) is 36.5 Å². The Balaban J connectivity index is 1.10. The molecule has 3 heterocycles. The number of hydrogen-bond donors (Lipinski definition) is 1. The number of amides is 1. The molecule has 0 unspecified atom stereocenters. The van der Waals surface area contributed by atoms with Crippen molar-refractivity contribution in [2.75, 3.05) is 5.32 Å². The number of anilines is 1. The minimum Gasteiger partial charge on any atom is -0.358 e. The Morgan fingerprint density at radius 2 is 1.82 bits per heavy atom. The van der Waals surface area contributed by atoms with E-state index in [-0.39, 0.29) is 36.4 Å². The van der Waals surface area contributed by atoms with Crippen LogP contribution in [0.5, 0.6) is 0 Å². The molecule has 6 rings (SSSR count). The molecule has 0 saturated heterocycles. The molecule has 0 spiro atoms. The first-order valence-corrected chi connectivity index (χ1v) is 12.5. The second-order valence-corrected chi connectivity index (χ2v) is 9.84. The second kappa shape index (κ2) is 9.54. The molecular weight excluding hydrogens is 528 g/mol. The second-order valence-electron chi connectivity index (χ2n) is 9.84. The summed E-state index contributed by atoms with van der Waals surface area (Å²) in [7, 11) is 1.88. The maximum atomic E-state index is 14.9. The van der Waals surface area contributed by atoms with Crippen molar-refractivity contribution in [1.82, 2.24) is 24.9 Å². The lowest BCUT2D eigenvalue weighted by Gasteiger charge is -2.14. The van der Waals surface area contributed by atoms with Crippen LogP contribution in [-0.4, -0.2) is 37.0 Å². The Kier molecular flexibility index (Phi) is 6.12. The number of rotatable bonds is 7. The van der Waals surface area contributed by atoms with E-state index in [1.807, 2.05) is 36.0 Å². The van der Waals surface area contributed by atoms with Gasteiger partial charge in [0.1, 0.15) is 17.1 Å². The summed E-state index contributed by atoms with van der Waals surface area (Å²) in [5, 5.41) is 11.5. The summed E-state index contributed by atoms with van der Waals surface area (Å²) in [6.45, 7) is 0. The van der Waals surface area contributed by atoms with Gasteiger partial charge in [0.15, 0.2) is 11.6 Å². The number of nitrogens with zero attached hydrogens (tertiary/aromatic N) is 5. The molecule has 3 aromatic heterocycles. The number of fused-ring (bicyclic) bond motifs is 1. The fourth-order valence-electron chi connectivity index (χ4n) is 4.75. The van der Waals surface area contributed by atoms with E-state index in [0.29, 0.717) is 23.4 Å². The molecule has 12 heteroatoms. The van der Waals surface area contributed by atoms with Crippen molar-refractivity contribution in [2.45, 2.75) is 37.3 Å². The fourth-order valence-corrected chi connectivity index (χ4v) is 4.75. The summed E-state index contributed by atoms with van der Waals surface area (Å²) in [6, 6.07) is 13.3. The number of hydrogen-bond acceptors (Lipinski definition) is 6. The van der Waals surface area contributed by atoms with E-state index < -0.39 is 23.3 Å². The molecule has 204 valence electrons. The Morgan fingerprint density at radius 3 is 2.52 bits per heavy atom. The average molecular weight is 551 g/mol. The lowest BCUT2D eigenvalue weighted by atomic mass is 10.0. The summed E-state index contributed by atoms with van der Waals surface area (Å²) >= 11 is 0. The Morgan fingerprint density at radius 1 is 1.07 bits per heavy atom. The van der Waals surface area contributed by atoms with Crippen molar-refractivity contribution < 1.29 is 26.9 Å². The summed E-state index contributed by atoms with van der Waals surface area (Å²) in [5.74, 6) is -1.18. The van der Waals surface area contributed by atoms with Gasteiger partial charge in [-0.25, -0.2) is 14.4 Å². The number of carbonyl (C=O) groups excluding carboxylic acids is 1. The molecule has 0 atom stereocenters. The maximum absolute atomic E-state index is 14.9. The molecule has 1 saturated carbocycles. The SMILES string of the molecule is Cn1nc(Cc2ncc(-c3ccc(CC(=O)Nc4cc(C5(C(F)(F)F)CC5)on4)c(F)c3)cn2)c2ccccc21. The van der Waals surface area contributed by atoms with Crippen LogP contribution in [0.3, 0.4) is 0 Å². The molecule has 1 aliphatic rings. The number of benzene rings is 2. The summed E-state index contributed by atoms with van der Waals surface area (Å²) < 4.78 is 61.3. The van der Waals surface area contributed by atoms with Crippen molar-refractivity contribution in [3.05, 3.63) is 89.6 Å². The van der Waals surface area contributed by atoms with Crippen molar-refractivity contribution in [3.63, 3.8) is 0 Å². The average Bonchev–Trinajstić information content (AvgIpc) is 3.54. The molecule has 1 N–H and O–H groups in total. The minimum atomic E-state index is -4.46. The number of aryl methyl sites for hydroxylation is 1. The van der Waals surface area contributed by atoms with Gasteiger partial charge in [0.2, 0.25) is 5.91 Å². The highest BCUT2D eigenvalue weighted by atomic mass is 19.4. The van der Waals surface area contributed by atoms with E-state index in [9.17, 15) is 22.4 Å². The first kappa shape index (κ1) is 25.7. The topological polar surface area (TPSA) is 98.7 Å². The van der Waals surface area contributed by atoms with E-state index in [0.717, 1.165) is 22.7 Å². The van der Waals surface area contributed by atoms with E-state index in [4.69, 9.17) is 4.52 Å². The number of aromatic nitrogens is 5. The molecular formula is C28H22F4N6O2. The molecule has 40 heavy (non-hydrogen) atoms. The standard InChI is InChI=1S/C28H22F4N6O2/c1-38-22-5-3-2-4-19(22)21(36-38)12-24-33-14-18(15-34-24)16-6-7-17(20(29)10-16)11-26(39)35-25-13-23(40-37-25)27(8-9-27)28(30,31)32/h2-7,10,13-15H,8-9,11-12H2,1H3,(H,35,37,39). The first-order valence-electron chi connectivity index (χ1n) is 12.5. The number of halogens is 4. The Labute approximate surface area is 225 Å². The number of alkyl halides is 3. The van der Waals surface area contributed by atoms with Crippen LogP contribution in [0, 0.1) is 5.82 Å². The molecule has 1 fully saturated rings. The summed E-state index contributed by atoms with van der Waals surface area (Å²) in [5.41, 5.74) is 1.06. The van der Waals surface area contributed by atoms with E-state index >= 15 is 0 Å². The van der Waals surface area contributed by atoms with E-state index in [1.54, 1.807) is 18.5 Å². The van der Waals surface area contributed by atoms with Gasteiger partial charge in [-0.15, -0.1) is 0 Å². The van der Waals surface area contributed by atoms with Gasteiger partial charge in [-0.05, 0) is 36.1 Å². The van der Waals surface area contributed by atoms with Crippen molar-refractivity contribution in [2.24, 2.45) is 7.05 Å². The molecule has 1 amide bonds. The maximum Gasteiger partial charge on any atom is 0.401 e. The monoisotopic (exact) mass is 550 g/mol. The van der Waals surface area contributed by atoms with E-state index in [1.165, 1.54) is 12.1 Å². The number of para-hydroxylation sites is 1. The molecule has 5 aromatic rings. The predicted molar refractivity (Wildman–Crippen MR) is 137 cm³/mol. The molecule has 0 aliphatic heterocycles. The molecule has 0 radical (unpaired) electrons. The largest absolute Gasteiger partial charge is 0.401 e. The predicted octanol–water partition coefficient (Wildman–Crippen LogP) is 5.52. The van der Waals surface area contributed by atoms with Gasteiger partial charge in [-0.3, -0.25) is 9.48 Å². The Hall–Kier alpha value is -4.61. The third-order valence-corrected chi connectivity index (χ3v) is 7.14. The van der Waals surface area contributed by atoms with Gasteiger partial charge >= 0.3 is 6.18 Å². The van der Waals surface area contributed by atoms with Crippen LogP contribution in [0.4, 0.5) is 23.4 Å². The van der Waals surface area contributed by atoms with Gasteiger partial charge in [-0.2, -0.15) is 18.3 Å². The van der Waals surface area contributed by atoms with Crippen LogP contribution >= 0.6 is 0 Å². The highest BCUT2D eigenvalue weighted by Crippen LogP contribution is 2.59. The molecule has 8 nitrogen and oxygen atoms in total. The lowest BCUT2D eigenvalue weighted by molar-refractivity contribution is -0.165.